The number of carbonyl (C=O) groups is 2. The first-order chi connectivity index (χ1) is 7.59. The average Bonchev–Trinajstić information content (AvgIpc) is 2.27. The largest absolute Gasteiger partial charge is 0.478 e. The van der Waals surface area contributed by atoms with Gasteiger partial charge >= 0.3 is 11.9 Å². The Morgan fingerprint density at radius 1 is 1.19 bits per heavy atom. The second kappa shape index (κ2) is 3.69. The Morgan fingerprint density at radius 2 is 1.94 bits per heavy atom. The maximum Gasteiger partial charge on any atom is 0.336 e. The number of hydrogen-bond acceptors (Lipinski definition) is 3. The predicted molar refractivity (Wildman–Crippen MR) is 57.5 cm³/mol. The number of hydrogen-bond donors (Lipinski definition) is 3. The van der Waals surface area contributed by atoms with Crippen molar-refractivity contribution in [3.63, 3.8) is 0 Å². The van der Waals surface area contributed by atoms with Crippen molar-refractivity contribution in [1.82, 2.24) is 0 Å². The number of carboxylic acids is 2. The molecular weight excluding hydrogens is 210 g/mol. The van der Waals surface area contributed by atoms with Crippen LogP contribution in [0.4, 0.5) is 5.69 Å². The molecule has 1 aromatic rings. The fraction of sp³-hybridized carbons (Fsp3) is 0.0909. The molecule has 5 heteroatoms. The summed E-state index contributed by atoms with van der Waals surface area (Å²) in [5.74, 6) is -2.11. The molecule has 16 heavy (non-hydrogen) atoms. The molecule has 0 atom stereocenters. The number of carboxylic acid groups (broad SMARTS) is 2. The van der Waals surface area contributed by atoms with Crippen molar-refractivity contribution < 1.29 is 19.8 Å². The summed E-state index contributed by atoms with van der Waals surface area (Å²) in [6.07, 6.45) is 1.40. The molecule has 82 valence electrons. The highest BCUT2D eigenvalue weighted by Crippen LogP contribution is 2.27. The van der Waals surface area contributed by atoms with Crippen molar-refractivity contribution in [2.24, 2.45) is 0 Å². The van der Waals surface area contributed by atoms with Gasteiger partial charge in [-0.25, -0.2) is 9.59 Å². The zero-order chi connectivity index (χ0) is 11.7. The van der Waals surface area contributed by atoms with Crippen LogP contribution in [0.3, 0.4) is 0 Å². The highest BCUT2D eigenvalue weighted by Gasteiger charge is 2.19. The van der Waals surface area contributed by atoms with Crippen LogP contribution in [0, 0.1) is 0 Å². The van der Waals surface area contributed by atoms with E-state index in [1.54, 1.807) is 12.1 Å². The lowest BCUT2D eigenvalue weighted by atomic mass is 9.99. The van der Waals surface area contributed by atoms with Crippen LogP contribution in [0.5, 0.6) is 0 Å². The fourth-order valence-corrected chi connectivity index (χ4v) is 1.61. The van der Waals surface area contributed by atoms with Crippen molar-refractivity contribution in [3.8, 4) is 0 Å². The summed E-state index contributed by atoms with van der Waals surface area (Å²) in [6, 6.07) is 4.79. The normalized spacial score (nSPS) is 13.4. The van der Waals surface area contributed by atoms with Gasteiger partial charge < -0.3 is 15.5 Å². The van der Waals surface area contributed by atoms with Crippen molar-refractivity contribution in [1.29, 1.82) is 0 Å². The molecule has 0 saturated heterocycles. The van der Waals surface area contributed by atoms with Gasteiger partial charge in [0.05, 0.1) is 11.1 Å². The van der Waals surface area contributed by atoms with E-state index in [2.05, 4.69) is 5.32 Å². The van der Waals surface area contributed by atoms with Gasteiger partial charge in [-0.3, -0.25) is 0 Å². The molecule has 0 radical (unpaired) electrons. The Morgan fingerprint density at radius 3 is 2.56 bits per heavy atom. The van der Waals surface area contributed by atoms with E-state index >= 15 is 0 Å². The SMILES string of the molecule is O=C(O)C1=Cc2c(cccc2C(=O)O)NC1. The minimum atomic E-state index is -1.07. The molecule has 0 saturated carbocycles. The Bertz CT molecular complexity index is 505. The van der Waals surface area contributed by atoms with Gasteiger partial charge in [0.25, 0.3) is 0 Å². The first-order valence-corrected chi connectivity index (χ1v) is 4.63. The third-order valence-electron chi connectivity index (χ3n) is 2.40. The molecule has 0 aromatic heterocycles. The number of benzene rings is 1. The lowest BCUT2D eigenvalue weighted by Crippen LogP contribution is -2.18. The van der Waals surface area contributed by atoms with Gasteiger partial charge in [-0.15, -0.1) is 0 Å². The number of aromatic carboxylic acids is 1. The van der Waals surface area contributed by atoms with Gasteiger partial charge in [-0.2, -0.15) is 0 Å². The van der Waals surface area contributed by atoms with E-state index in [0.29, 0.717) is 11.3 Å². The maximum absolute atomic E-state index is 10.9. The van der Waals surface area contributed by atoms with E-state index in [0.717, 1.165) is 0 Å². The topological polar surface area (TPSA) is 86.6 Å². The molecule has 0 aliphatic carbocycles. The highest BCUT2D eigenvalue weighted by molar-refractivity contribution is 6.01. The Hall–Kier alpha value is -2.30. The molecule has 1 aliphatic heterocycles. The lowest BCUT2D eigenvalue weighted by Gasteiger charge is -2.17. The minimum absolute atomic E-state index is 0.100. The summed E-state index contributed by atoms with van der Waals surface area (Å²) in [6.45, 7) is 0.200. The number of anilines is 1. The summed E-state index contributed by atoms with van der Waals surface area (Å²) in [7, 11) is 0. The molecule has 0 amide bonds. The molecule has 5 nitrogen and oxygen atoms in total. The first-order valence-electron chi connectivity index (χ1n) is 4.63. The van der Waals surface area contributed by atoms with Gasteiger partial charge in [-0.05, 0) is 18.2 Å². The predicted octanol–water partition coefficient (Wildman–Crippen LogP) is 1.28. The van der Waals surface area contributed by atoms with Crippen LogP contribution in [0.25, 0.3) is 6.08 Å². The molecule has 1 heterocycles. The molecule has 1 aliphatic rings. The van der Waals surface area contributed by atoms with E-state index in [4.69, 9.17) is 10.2 Å². The van der Waals surface area contributed by atoms with Crippen molar-refractivity contribution in [2.45, 2.75) is 0 Å². The fourth-order valence-electron chi connectivity index (χ4n) is 1.61. The summed E-state index contributed by atoms with van der Waals surface area (Å²) in [4.78, 5) is 21.7. The van der Waals surface area contributed by atoms with E-state index in [9.17, 15) is 9.59 Å². The quantitative estimate of drug-likeness (QED) is 0.697. The second-order valence-corrected chi connectivity index (χ2v) is 3.40. The third kappa shape index (κ3) is 1.63. The minimum Gasteiger partial charge on any atom is -0.478 e. The van der Waals surface area contributed by atoms with Gasteiger partial charge in [0.1, 0.15) is 0 Å². The van der Waals surface area contributed by atoms with Crippen LogP contribution in [0.15, 0.2) is 23.8 Å². The van der Waals surface area contributed by atoms with E-state index in [1.807, 2.05) is 0 Å². The summed E-state index contributed by atoms with van der Waals surface area (Å²) < 4.78 is 0. The molecule has 0 fully saturated rings. The maximum atomic E-state index is 10.9. The van der Waals surface area contributed by atoms with Crippen LogP contribution in [0.2, 0.25) is 0 Å². The van der Waals surface area contributed by atoms with Crippen molar-refractivity contribution in [3.05, 3.63) is 34.9 Å². The molecule has 3 N–H and O–H groups in total. The summed E-state index contributed by atoms with van der Waals surface area (Å²) >= 11 is 0. The molecule has 2 rings (SSSR count). The molecule has 0 spiro atoms. The van der Waals surface area contributed by atoms with Crippen LogP contribution < -0.4 is 5.32 Å². The number of rotatable bonds is 2. The van der Waals surface area contributed by atoms with Gasteiger partial charge in [-0.1, -0.05) is 6.07 Å². The number of nitrogens with one attached hydrogen (secondary N) is 1. The van der Waals surface area contributed by atoms with E-state index < -0.39 is 11.9 Å². The third-order valence-corrected chi connectivity index (χ3v) is 2.40. The highest BCUT2D eigenvalue weighted by atomic mass is 16.4. The molecule has 1 aromatic carbocycles. The first kappa shape index (κ1) is 10.2. The summed E-state index contributed by atoms with van der Waals surface area (Å²) in [5, 5.41) is 20.7. The second-order valence-electron chi connectivity index (χ2n) is 3.40. The van der Waals surface area contributed by atoms with Crippen LogP contribution in [0.1, 0.15) is 15.9 Å². The molecular formula is C11H9NO4. The smallest absolute Gasteiger partial charge is 0.336 e. The van der Waals surface area contributed by atoms with Crippen LogP contribution >= 0.6 is 0 Å². The zero-order valence-corrected chi connectivity index (χ0v) is 8.23. The monoisotopic (exact) mass is 219 g/mol. The van der Waals surface area contributed by atoms with Crippen molar-refractivity contribution >= 4 is 23.7 Å². The standard InChI is InChI=1S/C11H9NO4/c13-10(14)6-4-8-7(11(15)16)2-1-3-9(8)12-5-6/h1-4,12H,5H2,(H,13,14)(H,15,16). The van der Waals surface area contributed by atoms with Crippen LogP contribution in [-0.4, -0.2) is 28.7 Å². The lowest BCUT2D eigenvalue weighted by molar-refractivity contribution is -0.132. The van der Waals surface area contributed by atoms with Gasteiger partial charge in [0, 0.05) is 17.8 Å². The number of fused-ring (bicyclic) bond motifs is 1. The number of aliphatic carboxylic acids is 1. The van der Waals surface area contributed by atoms with E-state index in [1.165, 1.54) is 12.1 Å². The summed E-state index contributed by atoms with van der Waals surface area (Å²) in [5.41, 5.74) is 1.31. The van der Waals surface area contributed by atoms with Crippen LogP contribution in [-0.2, 0) is 4.79 Å². The Balaban J connectivity index is 2.58. The zero-order valence-electron chi connectivity index (χ0n) is 8.23. The average molecular weight is 219 g/mol. The van der Waals surface area contributed by atoms with Gasteiger partial charge in [0.2, 0.25) is 0 Å². The van der Waals surface area contributed by atoms with E-state index in [-0.39, 0.29) is 17.7 Å². The Kier molecular flexibility index (Phi) is 2.36. The molecule has 0 bridgehead atoms. The Labute approximate surface area is 91.0 Å². The van der Waals surface area contributed by atoms with Gasteiger partial charge in [0.15, 0.2) is 0 Å². The van der Waals surface area contributed by atoms with Crippen molar-refractivity contribution in [2.75, 3.05) is 11.9 Å². The molecule has 0 unspecified atom stereocenters.